The molecule has 0 rings (SSSR count). The standard InChI is InChI=1S/C8HF15O2.CH4/c9-2(10,1(24)25)3(11,12)4(13,14)5(15,16)6(17,18)7(19,20)8(21,22)23;/h(H,24,25);1H4. The number of carboxylic acids is 1. The summed E-state index contributed by atoms with van der Waals surface area (Å²) in [6.07, 6.45) is -7.69. The van der Waals surface area contributed by atoms with Gasteiger partial charge >= 0.3 is 47.7 Å². The van der Waals surface area contributed by atoms with Crippen LogP contribution < -0.4 is 0 Å². The summed E-state index contributed by atoms with van der Waals surface area (Å²) in [5, 5.41) is 7.57. The van der Waals surface area contributed by atoms with Gasteiger partial charge < -0.3 is 5.11 Å². The maximum atomic E-state index is 12.8. The Balaban J connectivity index is 0. The predicted octanol–water partition coefficient (Wildman–Crippen LogP) is 5.08. The monoisotopic (exact) mass is 430 g/mol. The Labute approximate surface area is 132 Å². The lowest BCUT2D eigenvalue weighted by Gasteiger charge is -2.40. The van der Waals surface area contributed by atoms with E-state index in [1.165, 1.54) is 0 Å². The van der Waals surface area contributed by atoms with Crippen molar-refractivity contribution in [2.45, 2.75) is 49.1 Å². The highest BCUT2D eigenvalue weighted by molar-refractivity contribution is 5.77. The molecular weight excluding hydrogens is 425 g/mol. The Morgan fingerprint density at radius 2 is 0.731 bits per heavy atom. The van der Waals surface area contributed by atoms with Crippen molar-refractivity contribution in [1.29, 1.82) is 0 Å². The van der Waals surface area contributed by atoms with E-state index in [0.717, 1.165) is 0 Å². The number of rotatable bonds is 6. The Morgan fingerprint density at radius 1 is 0.500 bits per heavy atom. The summed E-state index contributed by atoms with van der Waals surface area (Å²) in [5.74, 6) is -52.8. The first-order valence-electron chi connectivity index (χ1n) is 5.01. The van der Waals surface area contributed by atoms with Crippen LogP contribution >= 0.6 is 0 Å². The van der Waals surface area contributed by atoms with Gasteiger partial charge in [0.25, 0.3) is 0 Å². The van der Waals surface area contributed by atoms with Crippen molar-refractivity contribution in [3.63, 3.8) is 0 Å². The molecule has 0 amide bonds. The molecule has 0 radical (unpaired) electrons. The number of aliphatic carboxylic acids is 1. The third-order valence-electron chi connectivity index (χ3n) is 2.60. The van der Waals surface area contributed by atoms with Crippen LogP contribution in [0.1, 0.15) is 7.43 Å². The van der Waals surface area contributed by atoms with Crippen molar-refractivity contribution < 1.29 is 75.8 Å². The highest BCUT2D eigenvalue weighted by atomic mass is 19.4. The van der Waals surface area contributed by atoms with E-state index in [9.17, 15) is 70.7 Å². The second-order valence-electron chi connectivity index (χ2n) is 4.25. The highest BCUT2D eigenvalue weighted by Gasteiger charge is 2.94. The Morgan fingerprint density at radius 3 is 0.962 bits per heavy atom. The molecule has 0 aromatic carbocycles. The summed E-state index contributed by atoms with van der Waals surface area (Å²) < 4.78 is 187. The zero-order chi connectivity index (χ0) is 21.1. The van der Waals surface area contributed by atoms with Crippen LogP contribution in [0.3, 0.4) is 0 Å². The number of carbonyl (C=O) groups is 1. The zero-order valence-electron chi connectivity index (χ0n) is 10.5. The van der Waals surface area contributed by atoms with E-state index in [0.29, 0.717) is 0 Å². The lowest BCUT2D eigenvalue weighted by Crippen LogP contribution is -2.73. The van der Waals surface area contributed by atoms with Crippen LogP contribution in [0, 0.1) is 0 Å². The van der Waals surface area contributed by atoms with Crippen molar-refractivity contribution in [1.82, 2.24) is 0 Å². The minimum atomic E-state index is -8.47. The lowest BCUT2D eigenvalue weighted by molar-refractivity contribution is -0.450. The molecule has 0 fully saturated rings. The quantitative estimate of drug-likeness (QED) is 0.597. The minimum Gasteiger partial charge on any atom is -0.477 e. The SMILES string of the molecule is C.O=C(O)C(F)(F)C(F)(F)C(F)(F)C(F)(F)C(F)(F)C(F)(F)C(F)(F)F. The number of carboxylic acid groups (broad SMARTS) is 1. The van der Waals surface area contributed by atoms with Gasteiger partial charge in [0, 0.05) is 0 Å². The largest absolute Gasteiger partial charge is 0.477 e. The Kier molecular flexibility index (Phi) is 6.40. The molecule has 2 nitrogen and oxygen atoms in total. The van der Waals surface area contributed by atoms with E-state index < -0.39 is 47.7 Å². The van der Waals surface area contributed by atoms with Gasteiger partial charge in [0.15, 0.2) is 0 Å². The fraction of sp³-hybridized carbons (Fsp3) is 0.889. The molecular formula is C9H5F15O2. The number of alkyl halides is 15. The number of hydrogen-bond donors (Lipinski definition) is 1. The maximum absolute atomic E-state index is 12.8. The Bertz CT molecular complexity index is 532. The van der Waals surface area contributed by atoms with Crippen LogP contribution in [0.4, 0.5) is 65.9 Å². The zero-order valence-corrected chi connectivity index (χ0v) is 10.5. The second-order valence-corrected chi connectivity index (χ2v) is 4.25. The third-order valence-corrected chi connectivity index (χ3v) is 2.60. The van der Waals surface area contributed by atoms with Crippen LogP contribution in [-0.4, -0.2) is 52.8 Å². The fourth-order valence-corrected chi connectivity index (χ4v) is 1.10. The van der Waals surface area contributed by atoms with Gasteiger partial charge in [0.05, 0.1) is 0 Å². The van der Waals surface area contributed by atoms with Gasteiger partial charge in [-0.2, -0.15) is 65.9 Å². The molecule has 0 bridgehead atoms. The molecule has 17 heteroatoms. The summed E-state index contributed by atoms with van der Waals surface area (Å²) in [4.78, 5) is 9.72. The molecule has 1 N–H and O–H groups in total. The van der Waals surface area contributed by atoms with Gasteiger partial charge in [-0.25, -0.2) is 4.79 Å². The third kappa shape index (κ3) is 3.01. The van der Waals surface area contributed by atoms with E-state index in [1.807, 2.05) is 0 Å². The molecule has 0 aromatic rings. The van der Waals surface area contributed by atoms with Crippen LogP contribution in [0.2, 0.25) is 0 Å². The summed E-state index contributed by atoms with van der Waals surface area (Å²) in [6.45, 7) is 0. The predicted molar refractivity (Wildman–Crippen MR) is 50.1 cm³/mol. The molecule has 0 aromatic heterocycles. The average Bonchev–Trinajstić information content (AvgIpc) is 2.35. The van der Waals surface area contributed by atoms with E-state index >= 15 is 0 Å². The fourth-order valence-electron chi connectivity index (χ4n) is 1.10. The minimum absolute atomic E-state index is 0. The van der Waals surface area contributed by atoms with Crippen LogP contribution in [0.25, 0.3) is 0 Å². The van der Waals surface area contributed by atoms with Crippen molar-refractivity contribution in [3.05, 3.63) is 0 Å². The van der Waals surface area contributed by atoms with E-state index in [2.05, 4.69) is 0 Å². The summed E-state index contributed by atoms with van der Waals surface area (Å²) in [5.41, 5.74) is 0. The van der Waals surface area contributed by atoms with E-state index in [-0.39, 0.29) is 7.43 Å². The summed E-state index contributed by atoms with van der Waals surface area (Å²) in [7, 11) is 0. The molecule has 0 atom stereocenters. The van der Waals surface area contributed by atoms with Gasteiger partial charge in [-0.3, -0.25) is 0 Å². The van der Waals surface area contributed by atoms with Crippen LogP contribution in [0.5, 0.6) is 0 Å². The molecule has 158 valence electrons. The second kappa shape index (κ2) is 6.24. The molecule has 26 heavy (non-hydrogen) atoms. The van der Waals surface area contributed by atoms with Crippen molar-refractivity contribution in [2.24, 2.45) is 0 Å². The van der Waals surface area contributed by atoms with Crippen LogP contribution in [-0.2, 0) is 4.79 Å². The highest BCUT2D eigenvalue weighted by Crippen LogP contribution is 2.62. The van der Waals surface area contributed by atoms with E-state index in [1.54, 1.807) is 0 Å². The molecule has 0 spiro atoms. The first kappa shape index (κ1) is 26.6. The normalized spacial score (nSPS) is 15.5. The van der Waals surface area contributed by atoms with Gasteiger partial charge in [-0.05, 0) is 0 Å². The van der Waals surface area contributed by atoms with Crippen LogP contribution in [0.15, 0.2) is 0 Å². The van der Waals surface area contributed by atoms with Gasteiger partial charge in [-0.15, -0.1) is 0 Å². The first-order chi connectivity index (χ1) is 10.4. The molecule has 0 saturated heterocycles. The first-order valence-corrected chi connectivity index (χ1v) is 5.01. The molecule has 0 aliphatic rings. The topological polar surface area (TPSA) is 37.3 Å². The molecule has 0 unspecified atom stereocenters. The number of hydrogen-bond acceptors (Lipinski definition) is 1. The summed E-state index contributed by atoms with van der Waals surface area (Å²) in [6, 6.07) is 0. The maximum Gasteiger partial charge on any atom is 0.460 e. The van der Waals surface area contributed by atoms with Crippen molar-refractivity contribution in [3.8, 4) is 0 Å². The molecule has 0 heterocycles. The molecule has 0 aliphatic carbocycles. The lowest BCUT2D eigenvalue weighted by atomic mass is 9.91. The summed E-state index contributed by atoms with van der Waals surface area (Å²) >= 11 is 0. The Hall–Kier alpha value is -1.58. The molecule has 0 aliphatic heterocycles. The van der Waals surface area contributed by atoms with Gasteiger partial charge in [-0.1, -0.05) is 7.43 Å². The van der Waals surface area contributed by atoms with Crippen molar-refractivity contribution >= 4 is 5.97 Å². The molecule has 0 saturated carbocycles. The van der Waals surface area contributed by atoms with Crippen molar-refractivity contribution in [2.75, 3.05) is 0 Å². The van der Waals surface area contributed by atoms with Gasteiger partial charge in [0.1, 0.15) is 0 Å². The van der Waals surface area contributed by atoms with Gasteiger partial charge in [0.2, 0.25) is 0 Å². The van der Waals surface area contributed by atoms with E-state index in [4.69, 9.17) is 5.11 Å². The number of halogens is 15. The smallest absolute Gasteiger partial charge is 0.460 e. The average molecular weight is 430 g/mol.